The van der Waals surface area contributed by atoms with Gasteiger partial charge < -0.3 is 0 Å². The largest absolute Gasteiger partial charge is 0.299 e. The van der Waals surface area contributed by atoms with E-state index in [9.17, 15) is 9.18 Å². The maximum atomic E-state index is 13.3. The summed E-state index contributed by atoms with van der Waals surface area (Å²) < 4.78 is 13.3. The molecule has 2 atom stereocenters. The number of hydrogen-bond acceptors (Lipinski definition) is 1. The molecule has 0 heterocycles. The number of carbonyl (C=O) groups is 1. The fraction of sp³-hybridized carbons (Fsp3) is 0.417. The molecule has 0 aromatic heterocycles. The summed E-state index contributed by atoms with van der Waals surface area (Å²) in [4.78, 5) is 10.9. The van der Waals surface area contributed by atoms with Crippen molar-refractivity contribution in [3.63, 3.8) is 0 Å². The van der Waals surface area contributed by atoms with Crippen LogP contribution in [0.15, 0.2) is 18.2 Å². The molecule has 0 spiro atoms. The van der Waals surface area contributed by atoms with E-state index in [0.29, 0.717) is 5.56 Å². The zero-order chi connectivity index (χ0) is 11.6. The van der Waals surface area contributed by atoms with E-state index in [2.05, 4.69) is 15.9 Å². The van der Waals surface area contributed by atoms with Crippen molar-refractivity contribution >= 4 is 21.7 Å². The molecule has 15 heavy (non-hydrogen) atoms. The van der Waals surface area contributed by atoms with E-state index in [0.717, 1.165) is 5.56 Å². The zero-order valence-electron chi connectivity index (χ0n) is 9.05. The quantitative estimate of drug-likeness (QED) is 0.769. The number of rotatable bonds is 3. The molecule has 0 radical (unpaired) electrons. The van der Waals surface area contributed by atoms with Crippen LogP contribution in [-0.2, 0) is 4.79 Å². The Labute approximate surface area is 97.8 Å². The fourth-order valence-electron chi connectivity index (χ4n) is 1.41. The van der Waals surface area contributed by atoms with E-state index in [-0.39, 0.29) is 22.3 Å². The monoisotopic (exact) mass is 272 g/mol. The molecule has 1 rings (SSSR count). The molecular weight excluding hydrogens is 259 g/mol. The lowest BCUT2D eigenvalue weighted by atomic mass is 9.95. The molecule has 1 aromatic carbocycles. The average Bonchev–Trinajstić information content (AvgIpc) is 2.19. The molecular formula is C12H14BrFO. The highest BCUT2D eigenvalue weighted by Gasteiger charge is 2.20. The van der Waals surface area contributed by atoms with E-state index >= 15 is 0 Å². The van der Waals surface area contributed by atoms with Gasteiger partial charge in [-0.1, -0.05) is 35.0 Å². The van der Waals surface area contributed by atoms with E-state index in [1.54, 1.807) is 13.0 Å². The normalized spacial score (nSPS) is 14.7. The van der Waals surface area contributed by atoms with Crippen molar-refractivity contribution in [2.24, 2.45) is 0 Å². The second-order valence-electron chi connectivity index (χ2n) is 3.81. The van der Waals surface area contributed by atoms with Crippen molar-refractivity contribution in [3.05, 3.63) is 35.1 Å². The summed E-state index contributed by atoms with van der Waals surface area (Å²) in [6, 6.07) is 5.10. The van der Waals surface area contributed by atoms with Gasteiger partial charge in [0.2, 0.25) is 0 Å². The molecule has 0 aliphatic carbocycles. The Morgan fingerprint density at radius 2 is 2.07 bits per heavy atom. The lowest BCUT2D eigenvalue weighted by Crippen LogP contribution is -2.17. The molecule has 2 unspecified atom stereocenters. The maximum Gasteiger partial charge on any atom is 0.144 e. The first-order valence-corrected chi connectivity index (χ1v) is 5.75. The molecule has 1 nitrogen and oxygen atoms in total. The molecule has 0 amide bonds. The Kier molecular flexibility index (Phi) is 4.03. The Bertz CT molecular complexity index is 376. The van der Waals surface area contributed by atoms with Gasteiger partial charge >= 0.3 is 0 Å². The molecule has 0 aliphatic rings. The number of Topliss-reactive ketones (excluding diaryl/α,β-unsaturated/α-hetero) is 1. The molecule has 0 aliphatic heterocycles. The summed E-state index contributed by atoms with van der Waals surface area (Å²) in [7, 11) is 0. The van der Waals surface area contributed by atoms with E-state index < -0.39 is 0 Å². The predicted molar refractivity (Wildman–Crippen MR) is 62.9 cm³/mol. The van der Waals surface area contributed by atoms with Crippen molar-refractivity contribution in [2.75, 3.05) is 0 Å². The van der Waals surface area contributed by atoms with Crippen LogP contribution < -0.4 is 0 Å². The van der Waals surface area contributed by atoms with Crippen molar-refractivity contribution in [3.8, 4) is 0 Å². The highest BCUT2D eigenvalue weighted by Crippen LogP contribution is 2.26. The average molecular weight is 273 g/mol. The van der Waals surface area contributed by atoms with Crippen LogP contribution in [0.3, 0.4) is 0 Å². The highest BCUT2D eigenvalue weighted by molar-refractivity contribution is 9.10. The summed E-state index contributed by atoms with van der Waals surface area (Å²) in [6.45, 7) is 5.16. The van der Waals surface area contributed by atoms with Crippen LogP contribution in [0.2, 0.25) is 0 Å². The second kappa shape index (κ2) is 4.88. The van der Waals surface area contributed by atoms with Crippen molar-refractivity contribution in [2.45, 2.75) is 31.5 Å². The third-order valence-electron chi connectivity index (χ3n) is 2.55. The lowest BCUT2D eigenvalue weighted by molar-refractivity contribution is -0.116. The lowest BCUT2D eigenvalue weighted by Gasteiger charge is -2.16. The van der Waals surface area contributed by atoms with Crippen molar-refractivity contribution in [1.82, 2.24) is 0 Å². The predicted octanol–water partition coefficient (Wildman–Crippen LogP) is 3.59. The van der Waals surface area contributed by atoms with Gasteiger partial charge in [-0.05, 0) is 31.0 Å². The number of benzene rings is 1. The van der Waals surface area contributed by atoms with Crippen LogP contribution in [0.1, 0.15) is 30.9 Å². The van der Waals surface area contributed by atoms with Crippen LogP contribution in [0.25, 0.3) is 0 Å². The highest BCUT2D eigenvalue weighted by atomic mass is 79.9. The molecule has 0 bridgehead atoms. The van der Waals surface area contributed by atoms with Gasteiger partial charge in [-0.25, -0.2) is 4.39 Å². The van der Waals surface area contributed by atoms with Gasteiger partial charge in [0.15, 0.2) is 0 Å². The Morgan fingerprint density at radius 3 is 2.53 bits per heavy atom. The molecule has 3 heteroatoms. The van der Waals surface area contributed by atoms with Gasteiger partial charge in [0.05, 0.1) is 4.83 Å². The fourth-order valence-corrected chi connectivity index (χ4v) is 1.72. The third kappa shape index (κ3) is 2.88. The minimum atomic E-state index is -0.250. The minimum Gasteiger partial charge on any atom is -0.299 e. The molecule has 0 saturated carbocycles. The van der Waals surface area contributed by atoms with Crippen LogP contribution in [0.5, 0.6) is 0 Å². The summed E-state index contributed by atoms with van der Waals surface area (Å²) in [5.74, 6) is -0.177. The molecule has 1 aromatic rings. The Balaban J connectivity index is 2.96. The first-order chi connectivity index (χ1) is 6.93. The number of alkyl halides is 1. The Hall–Kier alpha value is -0.700. The van der Waals surface area contributed by atoms with Gasteiger partial charge in [-0.15, -0.1) is 0 Å². The van der Waals surface area contributed by atoms with E-state index in [4.69, 9.17) is 0 Å². The minimum absolute atomic E-state index is 0.0161. The van der Waals surface area contributed by atoms with Gasteiger partial charge in [0, 0.05) is 5.92 Å². The van der Waals surface area contributed by atoms with Gasteiger partial charge in [-0.2, -0.15) is 0 Å². The number of hydrogen-bond donors (Lipinski definition) is 0. The summed E-state index contributed by atoms with van der Waals surface area (Å²) in [6.07, 6.45) is 0. The molecule has 0 fully saturated rings. The Morgan fingerprint density at radius 1 is 1.47 bits per heavy atom. The van der Waals surface area contributed by atoms with Crippen molar-refractivity contribution < 1.29 is 9.18 Å². The topological polar surface area (TPSA) is 17.1 Å². The smallest absolute Gasteiger partial charge is 0.144 e. The molecule has 0 N–H and O–H groups in total. The van der Waals surface area contributed by atoms with Gasteiger partial charge in [0.25, 0.3) is 0 Å². The van der Waals surface area contributed by atoms with Gasteiger partial charge in [0.1, 0.15) is 11.6 Å². The first-order valence-electron chi connectivity index (χ1n) is 4.84. The number of halogens is 2. The van der Waals surface area contributed by atoms with Crippen LogP contribution in [-0.4, -0.2) is 10.6 Å². The molecule has 0 saturated heterocycles. The standard InChI is InChI=1S/C12H14BrFO/c1-7-4-5-10(6-11(7)14)8(2)12(13)9(3)15/h4-6,8,12H,1-3H3. The van der Waals surface area contributed by atoms with Gasteiger partial charge in [-0.3, -0.25) is 4.79 Å². The van der Waals surface area contributed by atoms with Crippen LogP contribution in [0, 0.1) is 12.7 Å². The third-order valence-corrected chi connectivity index (χ3v) is 3.99. The van der Waals surface area contributed by atoms with Crippen LogP contribution in [0.4, 0.5) is 4.39 Å². The second-order valence-corrected chi connectivity index (χ2v) is 4.80. The van der Waals surface area contributed by atoms with E-state index in [1.807, 2.05) is 13.0 Å². The summed E-state index contributed by atoms with van der Waals surface area (Å²) in [5, 5.41) is 0. The number of aryl methyl sites for hydroxylation is 1. The first kappa shape index (κ1) is 12.4. The molecule has 82 valence electrons. The maximum absolute atomic E-state index is 13.3. The summed E-state index contributed by atoms with van der Waals surface area (Å²) >= 11 is 3.32. The summed E-state index contributed by atoms with van der Waals surface area (Å²) in [5.41, 5.74) is 1.47. The van der Waals surface area contributed by atoms with Crippen molar-refractivity contribution in [1.29, 1.82) is 0 Å². The number of carbonyl (C=O) groups excluding carboxylic acids is 1. The zero-order valence-corrected chi connectivity index (χ0v) is 10.6. The van der Waals surface area contributed by atoms with Crippen LogP contribution >= 0.6 is 15.9 Å². The SMILES string of the molecule is CC(=O)C(Br)C(C)c1ccc(C)c(F)c1. The number of ketones is 1. The van der Waals surface area contributed by atoms with E-state index in [1.165, 1.54) is 13.0 Å².